The Labute approximate surface area is 153 Å². The highest BCUT2D eigenvalue weighted by Crippen LogP contribution is 2.18. The van der Waals surface area contributed by atoms with Crippen molar-refractivity contribution in [2.75, 3.05) is 17.7 Å². The quantitative estimate of drug-likeness (QED) is 0.454. The van der Waals surface area contributed by atoms with Crippen LogP contribution in [-0.4, -0.2) is 19.0 Å². The molecule has 0 aromatic heterocycles. The van der Waals surface area contributed by atoms with Crippen LogP contribution in [0.3, 0.4) is 0 Å². The average molecular weight is 400 g/mol. The fourth-order valence-corrected chi connectivity index (χ4v) is 2.35. The molecule has 0 unspecified atom stereocenters. The molecule has 0 saturated heterocycles. The summed E-state index contributed by atoms with van der Waals surface area (Å²) < 4.78 is 5.54. The van der Waals surface area contributed by atoms with Crippen molar-refractivity contribution in [2.24, 2.45) is 0 Å². The minimum absolute atomic E-state index is 0.139. The van der Waals surface area contributed by atoms with Crippen LogP contribution in [-0.2, 0) is 9.53 Å². The van der Waals surface area contributed by atoms with Crippen molar-refractivity contribution in [3.8, 4) is 6.07 Å². The van der Waals surface area contributed by atoms with Crippen LogP contribution >= 0.6 is 15.9 Å². The molecular formula is C18H14BrN3O3. The maximum absolute atomic E-state index is 12.3. The van der Waals surface area contributed by atoms with Gasteiger partial charge in [0, 0.05) is 16.4 Å². The Balaban J connectivity index is 2.17. The molecule has 0 aliphatic heterocycles. The molecule has 0 heterocycles. The molecule has 0 bridgehead atoms. The molecule has 1 amide bonds. The summed E-state index contributed by atoms with van der Waals surface area (Å²) in [6.07, 6.45) is 1.30. The van der Waals surface area contributed by atoms with Crippen LogP contribution < -0.4 is 10.6 Å². The SMILES string of the molecule is COC(=O)c1ccccc1NC(=O)/C(C#N)=C\Nc1cccc(Br)c1. The number of carbonyl (C=O) groups is 2. The lowest BCUT2D eigenvalue weighted by Gasteiger charge is -2.09. The first kappa shape index (κ1) is 18.2. The smallest absolute Gasteiger partial charge is 0.339 e. The van der Waals surface area contributed by atoms with E-state index in [4.69, 9.17) is 0 Å². The maximum atomic E-state index is 12.3. The Bertz CT molecular complexity index is 872. The van der Waals surface area contributed by atoms with E-state index in [2.05, 4.69) is 31.3 Å². The van der Waals surface area contributed by atoms with Gasteiger partial charge in [0.05, 0.1) is 18.4 Å². The molecule has 7 heteroatoms. The number of benzene rings is 2. The molecule has 0 atom stereocenters. The van der Waals surface area contributed by atoms with Crippen molar-refractivity contribution in [1.29, 1.82) is 5.26 Å². The number of para-hydroxylation sites is 1. The number of nitrogens with zero attached hydrogens (tertiary/aromatic N) is 1. The van der Waals surface area contributed by atoms with E-state index in [-0.39, 0.29) is 16.8 Å². The Kier molecular flexibility index (Phi) is 6.32. The first-order valence-corrected chi connectivity index (χ1v) is 7.95. The van der Waals surface area contributed by atoms with Crippen molar-refractivity contribution in [3.63, 3.8) is 0 Å². The second-order valence-corrected chi connectivity index (χ2v) is 5.73. The molecule has 2 aromatic carbocycles. The normalized spacial score (nSPS) is 10.5. The number of nitrogens with one attached hydrogen (secondary N) is 2. The zero-order chi connectivity index (χ0) is 18.2. The number of methoxy groups -OCH3 is 1. The molecule has 0 spiro atoms. The van der Waals surface area contributed by atoms with E-state index in [0.29, 0.717) is 5.69 Å². The molecule has 0 fully saturated rings. The summed E-state index contributed by atoms with van der Waals surface area (Å²) in [7, 11) is 1.25. The van der Waals surface area contributed by atoms with E-state index in [9.17, 15) is 14.9 Å². The van der Waals surface area contributed by atoms with Gasteiger partial charge in [0.25, 0.3) is 5.91 Å². The van der Waals surface area contributed by atoms with Crippen LogP contribution in [0.4, 0.5) is 11.4 Å². The minimum Gasteiger partial charge on any atom is -0.465 e. The van der Waals surface area contributed by atoms with E-state index < -0.39 is 11.9 Å². The van der Waals surface area contributed by atoms with Gasteiger partial charge in [-0.15, -0.1) is 0 Å². The topological polar surface area (TPSA) is 91.2 Å². The molecule has 2 rings (SSSR count). The molecule has 6 nitrogen and oxygen atoms in total. The van der Waals surface area contributed by atoms with E-state index in [1.807, 2.05) is 18.2 Å². The van der Waals surface area contributed by atoms with Crippen molar-refractivity contribution in [3.05, 3.63) is 70.3 Å². The van der Waals surface area contributed by atoms with Gasteiger partial charge < -0.3 is 15.4 Å². The van der Waals surface area contributed by atoms with Crippen LogP contribution in [0.1, 0.15) is 10.4 Å². The number of halogens is 1. The fourth-order valence-electron chi connectivity index (χ4n) is 1.95. The van der Waals surface area contributed by atoms with Gasteiger partial charge in [-0.2, -0.15) is 5.26 Å². The summed E-state index contributed by atoms with van der Waals surface area (Å²) in [6.45, 7) is 0. The molecule has 0 aliphatic carbocycles. The maximum Gasteiger partial charge on any atom is 0.339 e. The third kappa shape index (κ3) is 4.93. The van der Waals surface area contributed by atoms with Gasteiger partial charge in [0.15, 0.2) is 0 Å². The van der Waals surface area contributed by atoms with Gasteiger partial charge >= 0.3 is 5.97 Å². The van der Waals surface area contributed by atoms with Crippen LogP contribution in [0.15, 0.2) is 64.8 Å². The number of carbonyl (C=O) groups excluding carboxylic acids is 2. The van der Waals surface area contributed by atoms with Gasteiger partial charge in [-0.3, -0.25) is 4.79 Å². The lowest BCUT2D eigenvalue weighted by Crippen LogP contribution is -2.17. The Hall–Kier alpha value is -3.11. The Morgan fingerprint density at radius 1 is 1.20 bits per heavy atom. The standard InChI is InChI=1S/C18H14BrN3O3/c1-25-18(24)15-7-2-3-8-16(15)22-17(23)12(10-20)11-21-14-6-4-5-13(19)9-14/h2-9,11,21H,1H3,(H,22,23)/b12-11-. The number of nitriles is 1. The van der Waals surface area contributed by atoms with Crippen molar-refractivity contribution < 1.29 is 14.3 Å². The molecule has 0 radical (unpaired) electrons. The number of amides is 1. The third-order valence-corrected chi connectivity index (χ3v) is 3.65. The lowest BCUT2D eigenvalue weighted by atomic mass is 10.1. The molecule has 126 valence electrons. The van der Waals surface area contributed by atoms with Crippen molar-refractivity contribution in [2.45, 2.75) is 0 Å². The fraction of sp³-hybridized carbons (Fsp3) is 0.0556. The number of hydrogen-bond donors (Lipinski definition) is 2. The molecule has 0 saturated carbocycles. The van der Waals surface area contributed by atoms with Crippen LogP contribution in [0, 0.1) is 11.3 Å². The predicted octanol–water partition coefficient (Wildman–Crippen LogP) is 3.69. The highest BCUT2D eigenvalue weighted by atomic mass is 79.9. The highest BCUT2D eigenvalue weighted by molar-refractivity contribution is 9.10. The first-order chi connectivity index (χ1) is 12.0. The van der Waals surface area contributed by atoms with Crippen LogP contribution in [0.5, 0.6) is 0 Å². The number of esters is 1. The minimum atomic E-state index is -0.638. The van der Waals surface area contributed by atoms with Crippen LogP contribution in [0.25, 0.3) is 0 Å². The molecule has 2 aromatic rings. The van der Waals surface area contributed by atoms with Gasteiger partial charge in [-0.25, -0.2) is 4.79 Å². The van der Waals surface area contributed by atoms with Gasteiger partial charge in [-0.05, 0) is 30.3 Å². The van der Waals surface area contributed by atoms with Gasteiger partial charge in [-0.1, -0.05) is 34.1 Å². The number of anilines is 2. The molecule has 0 aliphatic rings. The first-order valence-electron chi connectivity index (χ1n) is 7.16. The summed E-state index contributed by atoms with van der Waals surface area (Å²) in [5.74, 6) is -1.22. The van der Waals surface area contributed by atoms with E-state index in [0.717, 1.165) is 4.47 Å². The van der Waals surface area contributed by atoms with Crippen LogP contribution in [0.2, 0.25) is 0 Å². The highest BCUT2D eigenvalue weighted by Gasteiger charge is 2.15. The zero-order valence-corrected chi connectivity index (χ0v) is 14.8. The Morgan fingerprint density at radius 3 is 2.64 bits per heavy atom. The lowest BCUT2D eigenvalue weighted by molar-refractivity contribution is -0.112. The summed E-state index contributed by atoms with van der Waals surface area (Å²) in [6, 6.07) is 15.5. The number of rotatable bonds is 5. The van der Waals surface area contributed by atoms with E-state index in [1.54, 1.807) is 30.3 Å². The Morgan fingerprint density at radius 2 is 1.96 bits per heavy atom. The second kappa shape index (κ2) is 8.66. The molecule has 25 heavy (non-hydrogen) atoms. The largest absolute Gasteiger partial charge is 0.465 e. The number of ether oxygens (including phenoxy) is 1. The molecule has 2 N–H and O–H groups in total. The van der Waals surface area contributed by atoms with Crippen molar-refractivity contribution in [1.82, 2.24) is 0 Å². The van der Waals surface area contributed by atoms with Crippen molar-refractivity contribution >= 4 is 39.2 Å². The average Bonchev–Trinajstić information content (AvgIpc) is 2.62. The summed E-state index contributed by atoms with van der Waals surface area (Å²) in [5, 5.41) is 14.6. The van der Waals surface area contributed by atoms with E-state index >= 15 is 0 Å². The summed E-state index contributed by atoms with van der Waals surface area (Å²) >= 11 is 3.34. The van der Waals surface area contributed by atoms with Gasteiger partial charge in [0.1, 0.15) is 11.6 Å². The summed E-state index contributed by atoms with van der Waals surface area (Å²) in [5.41, 5.74) is 1.04. The monoisotopic (exact) mass is 399 g/mol. The molecular weight excluding hydrogens is 386 g/mol. The summed E-state index contributed by atoms with van der Waals surface area (Å²) in [4.78, 5) is 24.0. The second-order valence-electron chi connectivity index (χ2n) is 4.82. The third-order valence-electron chi connectivity index (χ3n) is 3.15. The number of hydrogen-bond acceptors (Lipinski definition) is 5. The van der Waals surface area contributed by atoms with Gasteiger partial charge in [0.2, 0.25) is 0 Å². The zero-order valence-electron chi connectivity index (χ0n) is 13.2. The predicted molar refractivity (Wildman–Crippen MR) is 97.9 cm³/mol. The van der Waals surface area contributed by atoms with E-state index in [1.165, 1.54) is 19.4 Å².